The third-order valence-electron chi connectivity index (χ3n) is 4.22. The van der Waals surface area contributed by atoms with Crippen molar-refractivity contribution in [2.24, 2.45) is 0 Å². The minimum atomic E-state index is -0.409. The molecule has 0 N–H and O–H groups in total. The summed E-state index contributed by atoms with van der Waals surface area (Å²) in [5, 5.41) is 1.35. The minimum absolute atomic E-state index is 0.409. The first-order chi connectivity index (χ1) is 14.5. The van der Waals surface area contributed by atoms with E-state index in [2.05, 4.69) is 31.9 Å². The van der Waals surface area contributed by atoms with Gasteiger partial charge in [0, 0.05) is 10.7 Å². The summed E-state index contributed by atoms with van der Waals surface area (Å²) in [6.45, 7) is 11.1. The van der Waals surface area contributed by atoms with Gasteiger partial charge >= 0.3 is 0 Å². The highest BCUT2D eigenvalue weighted by atomic mass is 79.9. The molecule has 1 saturated heterocycles. The summed E-state index contributed by atoms with van der Waals surface area (Å²) < 4.78 is 45.4. The molecule has 0 saturated carbocycles. The zero-order chi connectivity index (χ0) is 22.0. The van der Waals surface area contributed by atoms with Crippen LogP contribution in [0.25, 0.3) is 0 Å². The fraction of sp³-hybridized carbons (Fsp3) is 1.00. The quantitative estimate of drug-likeness (QED) is 0.473. The summed E-state index contributed by atoms with van der Waals surface area (Å²) in [6.07, 6.45) is 0. The van der Waals surface area contributed by atoms with E-state index < -0.39 is 11.2 Å². The minimum Gasteiger partial charge on any atom is -0.377 e. The second-order valence-corrected chi connectivity index (χ2v) is 8.54. The Labute approximate surface area is 197 Å². The molecule has 0 bridgehead atoms. The van der Waals surface area contributed by atoms with Crippen molar-refractivity contribution in [1.82, 2.24) is 0 Å². The molecular formula is C20H38Br2O8. The van der Waals surface area contributed by atoms with Gasteiger partial charge in [0.1, 0.15) is 0 Å². The van der Waals surface area contributed by atoms with Crippen molar-refractivity contribution in [1.29, 1.82) is 0 Å². The van der Waals surface area contributed by atoms with Gasteiger partial charge in [0.2, 0.25) is 0 Å². The van der Waals surface area contributed by atoms with Crippen LogP contribution in [-0.2, 0) is 37.9 Å². The van der Waals surface area contributed by atoms with Crippen LogP contribution in [0.15, 0.2) is 0 Å². The van der Waals surface area contributed by atoms with Crippen LogP contribution in [0.5, 0.6) is 0 Å². The molecule has 0 amide bonds. The number of hydrogen-bond acceptors (Lipinski definition) is 8. The Bertz CT molecular complexity index is 373. The second-order valence-electron chi connectivity index (χ2n) is 7.42. The lowest BCUT2D eigenvalue weighted by atomic mass is 10.1. The van der Waals surface area contributed by atoms with Crippen molar-refractivity contribution in [3.8, 4) is 0 Å². The van der Waals surface area contributed by atoms with Crippen LogP contribution < -0.4 is 0 Å². The van der Waals surface area contributed by atoms with Gasteiger partial charge in [-0.3, -0.25) is 0 Å². The van der Waals surface area contributed by atoms with Crippen LogP contribution in [0.2, 0.25) is 0 Å². The van der Waals surface area contributed by atoms with Gasteiger partial charge < -0.3 is 37.9 Å². The van der Waals surface area contributed by atoms with E-state index in [1.54, 1.807) is 0 Å². The van der Waals surface area contributed by atoms with E-state index in [0.717, 1.165) is 0 Å². The van der Waals surface area contributed by atoms with E-state index in [1.807, 2.05) is 13.8 Å². The average molecular weight is 566 g/mol. The van der Waals surface area contributed by atoms with Gasteiger partial charge in [-0.2, -0.15) is 0 Å². The summed E-state index contributed by atoms with van der Waals surface area (Å²) in [6, 6.07) is 0. The Hall–Kier alpha value is 0.640. The molecule has 8 nitrogen and oxygen atoms in total. The number of alkyl halides is 2. The zero-order valence-electron chi connectivity index (χ0n) is 18.3. The number of halogens is 2. The maximum atomic E-state index is 5.91. The van der Waals surface area contributed by atoms with Gasteiger partial charge in [-0.25, -0.2) is 0 Å². The molecular weight excluding hydrogens is 528 g/mol. The van der Waals surface area contributed by atoms with Crippen molar-refractivity contribution in [2.45, 2.75) is 25.0 Å². The number of ether oxygens (including phenoxy) is 8. The van der Waals surface area contributed by atoms with Crippen LogP contribution in [0, 0.1) is 0 Å². The van der Waals surface area contributed by atoms with Crippen LogP contribution in [0.3, 0.4) is 0 Å². The van der Waals surface area contributed by atoms with E-state index in [4.69, 9.17) is 37.9 Å². The van der Waals surface area contributed by atoms with Gasteiger partial charge in [0.25, 0.3) is 0 Å². The third-order valence-corrected chi connectivity index (χ3v) is 6.60. The van der Waals surface area contributed by atoms with Crippen LogP contribution in [0.1, 0.15) is 13.8 Å². The summed E-state index contributed by atoms with van der Waals surface area (Å²) in [5.41, 5.74) is -0.817. The predicted molar refractivity (Wildman–Crippen MR) is 121 cm³/mol. The average Bonchev–Trinajstić information content (AvgIpc) is 2.75. The lowest BCUT2D eigenvalue weighted by Crippen LogP contribution is -2.38. The molecule has 0 aromatic carbocycles. The largest absolute Gasteiger partial charge is 0.377 e. The van der Waals surface area contributed by atoms with Gasteiger partial charge in [0.15, 0.2) is 0 Å². The van der Waals surface area contributed by atoms with Gasteiger partial charge in [-0.1, -0.05) is 31.9 Å². The first kappa shape index (κ1) is 28.7. The van der Waals surface area contributed by atoms with Crippen LogP contribution in [0.4, 0.5) is 0 Å². The molecule has 0 aromatic rings. The van der Waals surface area contributed by atoms with Crippen molar-refractivity contribution in [3.63, 3.8) is 0 Å². The Morgan fingerprint density at radius 2 is 0.733 bits per heavy atom. The number of rotatable bonds is 2. The fourth-order valence-corrected chi connectivity index (χ4v) is 3.03. The SMILES string of the molecule is CC1(CBr)COCCOCCOCC(C)(CBr)OCCOCCOCCOCCO1. The highest BCUT2D eigenvalue weighted by Gasteiger charge is 2.25. The lowest BCUT2D eigenvalue weighted by molar-refractivity contribution is -0.104. The van der Waals surface area contributed by atoms with Crippen LogP contribution in [-0.4, -0.2) is 114 Å². The van der Waals surface area contributed by atoms with E-state index in [-0.39, 0.29) is 0 Å². The van der Waals surface area contributed by atoms with Crippen molar-refractivity contribution >= 4 is 31.9 Å². The molecule has 0 radical (unpaired) electrons. The molecule has 30 heavy (non-hydrogen) atoms. The van der Waals surface area contributed by atoms with Gasteiger partial charge in [0.05, 0.1) is 104 Å². The van der Waals surface area contributed by atoms with Gasteiger partial charge in [-0.15, -0.1) is 0 Å². The summed E-state index contributed by atoms with van der Waals surface area (Å²) in [7, 11) is 0. The molecule has 10 heteroatoms. The third kappa shape index (κ3) is 14.7. The van der Waals surface area contributed by atoms with E-state index >= 15 is 0 Å². The van der Waals surface area contributed by atoms with Gasteiger partial charge in [-0.05, 0) is 13.8 Å². The summed E-state index contributed by atoms with van der Waals surface area (Å²) in [5.74, 6) is 0. The van der Waals surface area contributed by atoms with Crippen molar-refractivity contribution in [2.75, 3.05) is 103 Å². The highest BCUT2D eigenvalue weighted by Crippen LogP contribution is 2.15. The Balaban J connectivity index is 2.36. The molecule has 180 valence electrons. The molecule has 0 spiro atoms. The molecule has 1 heterocycles. The fourth-order valence-electron chi connectivity index (χ4n) is 2.39. The molecule has 2 unspecified atom stereocenters. The molecule has 0 aliphatic carbocycles. The topological polar surface area (TPSA) is 73.8 Å². The highest BCUT2D eigenvalue weighted by molar-refractivity contribution is 9.09. The molecule has 1 aliphatic rings. The van der Waals surface area contributed by atoms with E-state index in [1.165, 1.54) is 0 Å². The van der Waals surface area contributed by atoms with E-state index in [9.17, 15) is 0 Å². The van der Waals surface area contributed by atoms with Crippen molar-refractivity contribution < 1.29 is 37.9 Å². The molecule has 1 fully saturated rings. The predicted octanol–water partition coefficient (Wildman–Crippen LogP) is 2.44. The first-order valence-corrected chi connectivity index (χ1v) is 12.6. The lowest BCUT2D eigenvalue weighted by Gasteiger charge is -2.28. The molecule has 0 aromatic heterocycles. The standard InChI is InChI=1S/C20H38Br2O8/c1-19(15-21)17-27-9-7-24-8-10-28-18-20(2,16-22)30-14-12-26-6-4-23-3-5-25-11-13-29-19/h3-18H2,1-2H3. The Kier molecular flexibility index (Phi) is 17.3. The first-order valence-electron chi connectivity index (χ1n) is 10.4. The van der Waals surface area contributed by atoms with Crippen LogP contribution >= 0.6 is 31.9 Å². The van der Waals surface area contributed by atoms with E-state index in [0.29, 0.717) is 103 Å². The maximum absolute atomic E-state index is 5.91. The molecule has 1 aliphatic heterocycles. The monoisotopic (exact) mass is 564 g/mol. The molecule has 2 atom stereocenters. The Morgan fingerprint density at radius 3 is 1.03 bits per heavy atom. The van der Waals surface area contributed by atoms with Crippen molar-refractivity contribution in [3.05, 3.63) is 0 Å². The summed E-state index contributed by atoms with van der Waals surface area (Å²) >= 11 is 6.99. The zero-order valence-corrected chi connectivity index (χ0v) is 21.5. The maximum Gasteiger partial charge on any atom is 0.0984 e. The molecule has 1 rings (SSSR count). The normalized spacial score (nSPS) is 31.6. The second kappa shape index (κ2) is 18.1. The number of hydrogen-bond donors (Lipinski definition) is 0. The smallest absolute Gasteiger partial charge is 0.0984 e. The summed E-state index contributed by atoms with van der Waals surface area (Å²) in [4.78, 5) is 0. The Morgan fingerprint density at radius 1 is 0.467 bits per heavy atom.